The zero-order valence-electron chi connectivity index (χ0n) is 11.0. The van der Waals surface area contributed by atoms with Crippen LogP contribution in [-0.2, 0) is 6.54 Å². The van der Waals surface area contributed by atoms with Gasteiger partial charge < -0.3 is 10.6 Å². The zero-order chi connectivity index (χ0) is 13.7. The van der Waals surface area contributed by atoms with Crippen molar-refractivity contribution in [2.24, 2.45) is 0 Å². The molecule has 0 bridgehead atoms. The van der Waals surface area contributed by atoms with E-state index in [1.54, 1.807) is 37.8 Å². The van der Waals surface area contributed by atoms with E-state index in [1.807, 2.05) is 13.0 Å². The molecule has 2 aromatic rings. The van der Waals surface area contributed by atoms with Crippen molar-refractivity contribution in [2.45, 2.75) is 13.5 Å². The summed E-state index contributed by atoms with van der Waals surface area (Å²) >= 11 is 0. The summed E-state index contributed by atoms with van der Waals surface area (Å²) in [5.41, 5.74) is 2.65. The van der Waals surface area contributed by atoms with E-state index in [0.29, 0.717) is 17.9 Å². The summed E-state index contributed by atoms with van der Waals surface area (Å²) in [6.45, 7) is 2.45. The molecule has 1 amide bonds. The minimum atomic E-state index is -0.152. The van der Waals surface area contributed by atoms with Crippen LogP contribution < -0.4 is 10.6 Å². The number of hydrogen-bond donors (Lipinski definition) is 2. The van der Waals surface area contributed by atoms with Crippen LogP contribution in [0.1, 0.15) is 21.5 Å². The van der Waals surface area contributed by atoms with Gasteiger partial charge in [-0.05, 0) is 36.2 Å². The van der Waals surface area contributed by atoms with Crippen LogP contribution in [0, 0.1) is 6.92 Å². The van der Waals surface area contributed by atoms with Crippen LogP contribution in [0.2, 0.25) is 0 Å². The fraction of sp³-hybridized carbons (Fsp3) is 0.214. The maximum atomic E-state index is 12.1. The Labute approximate surface area is 112 Å². The molecule has 0 radical (unpaired) electrons. The smallest absolute Gasteiger partial charge is 0.255 e. The van der Waals surface area contributed by atoms with Gasteiger partial charge in [-0.25, -0.2) is 4.98 Å². The molecule has 2 heterocycles. The predicted octanol–water partition coefficient (Wildman–Crippen LogP) is 1.76. The standard InChI is InChI=1S/C14H16N4O/c1-10-5-7-16-8-11(10)9-18-14(19)12-4-3-6-17-13(12)15-2/h3-8H,9H2,1-2H3,(H,15,17)(H,18,19). The molecule has 0 aliphatic heterocycles. The van der Waals surface area contributed by atoms with Gasteiger partial charge in [0, 0.05) is 32.2 Å². The van der Waals surface area contributed by atoms with Crippen molar-refractivity contribution in [1.82, 2.24) is 15.3 Å². The van der Waals surface area contributed by atoms with Crippen molar-refractivity contribution < 1.29 is 4.79 Å². The molecule has 0 saturated heterocycles. The lowest BCUT2D eigenvalue weighted by atomic mass is 10.1. The van der Waals surface area contributed by atoms with Crippen LogP contribution in [-0.4, -0.2) is 22.9 Å². The summed E-state index contributed by atoms with van der Waals surface area (Å²) in [6.07, 6.45) is 5.15. The Hall–Kier alpha value is -2.43. The van der Waals surface area contributed by atoms with Crippen LogP contribution in [0.15, 0.2) is 36.8 Å². The highest BCUT2D eigenvalue weighted by Gasteiger charge is 2.11. The Kier molecular flexibility index (Phi) is 4.07. The lowest BCUT2D eigenvalue weighted by molar-refractivity contribution is 0.0951. The van der Waals surface area contributed by atoms with Gasteiger partial charge in [0.2, 0.25) is 0 Å². The third kappa shape index (κ3) is 3.07. The molecule has 19 heavy (non-hydrogen) atoms. The molecule has 0 unspecified atom stereocenters. The molecule has 0 aliphatic carbocycles. The minimum absolute atomic E-state index is 0.152. The molecule has 0 aliphatic rings. The van der Waals surface area contributed by atoms with E-state index in [0.717, 1.165) is 11.1 Å². The fourth-order valence-corrected chi connectivity index (χ4v) is 1.74. The SMILES string of the molecule is CNc1ncccc1C(=O)NCc1cnccc1C. The number of anilines is 1. The predicted molar refractivity (Wildman–Crippen MR) is 73.9 cm³/mol. The number of hydrogen-bond acceptors (Lipinski definition) is 4. The molecule has 2 aromatic heterocycles. The Morgan fingerprint density at radius 1 is 1.32 bits per heavy atom. The molecular formula is C14H16N4O. The van der Waals surface area contributed by atoms with Crippen molar-refractivity contribution in [2.75, 3.05) is 12.4 Å². The number of carbonyl (C=O) groups is 1. The van der Waals surface area contributed by atoms with Crippen molar-refractivity contribution in [3.05, 3.63) is 53.5 Å². The number of nitrogens with one attached hydrogen (secondary N) is 2. The molecule has 5 nitrogen and oxygen atoms in total. The van der Waals surface area contributed by atoms with E-state index in [9.17, 15) is 4.79 Å². The summed E-state index contributed by atoms with van der Waals surface area (Å²) in [5, 5.41) is 5.77. The summed E-state index contributed by atoms with van der Waals surface area (Å²) in [4.78, 5) is 20.3. The maximum absolute atomic E-state index is 12.1. The van der Waals surface area contributed by atoms with Crippen LogP contribution in [0.25, 0.3) is 0 Å². The highest BCUT2D eigenvalue weighted by molar-refractivity contribution is 5.98. The summed E-state index contributed by atoms with van der Waals surface area (Å²) < 4.78 is 0. The van der Waals surface area contributed by atoms with Crippen molar-refractivity contribution in [1.29, 1.82) is 0 Å². The first-order valence-corrected chi connectivity index (χ1v) is 6.03. The van der Waals surface area contributed by atoms with Gasteiger partial charge in [-0.3, -0.25) is 9.78 Å². The lowest BCUT2D eigenvalue weighted by Gasteiger charge is -2.09. The van der Waals surface area contributed by atoms with Gasteiger partial charge in [0.05, 0.1) is 5.56 Å². The van der Waals surface area contributed by atoms with Gasteiger partial charge in [-0.15, -0.1) is 0 Å². The monoisotopic (exact) mass is 256 g/mol. The van der Waals surface area contributed by atoms with Crippen LogP contribution in [0.5, 0.6) is 0 Å². The van der Waals surface area contributed by atoms with Crippen LogP contribution in [0.4, 0.5) is 5.82 Å². The molecule has 0 saturated carbocycles. The van der Waals surface area contributed by atoms with Crippen LogP contribution >= 0.6 is 0 Å². The largest absolute Gasteiger partial charge is 0.372 e. The van der Waals surface area contributed by atoms with E-state index in [2.05, 4.69) is 20.6 Å². The third-order valence-corrected chi connectivity index (χ3v) is 2.88. The molecule has 2 rings (SSSR count). The number of nitrogens with zero attached hydrogens (tertiary/aromatic N) is 2. The Balaban J connectivity index is 2.08. The van der Waals surface area contributed by atoms with E-state index < -0.39 is 0 Å². The highest BCUT2D eigenvalue weighted by Crippen LogP contribution is 2.11. The number of carbonyl (C=O) groups excluding carboxylic acids is 1. The summed E-state index contributed by atoms with van der Waals surface area (Å²) in [6, 6.07) is 5.40. The quantitative estimate of drug-likeness (QED) is 0.874. The minimum Gasteiger partial charge on any atom is -0.372 e. The average molecular weight is 256 g/mol. The molecule has 0 atom stereocenters. The second kappa shape index (κ2) is 5.95. The van der Waals surface area contributed by atoms with Gasteiger partial charge in [0.25, 0.3) is 5.91 Å². The van der Waals surface area contributed by atoms with E-state index in [-0.39, 0.29) is 5.91 Å². The highest BCUT2D eigenvalue weighted by atomic mass is 16.1. The fourth-order valence-electron chi connectivity index (χ4n) is 1.74. The van der Waals surface area contributed by atoms with E-state index in [4.69, 9.17) is 0 Å². The number of aromatic nitrogens is 2. The molecule has 0 fully saturated rings. The third-order valence-electron chi connectivity index (χ3n) is 2.88. The normalized spacial score (nSPS) is 10.0. The van der Waals surface area contributed by atoms with E-state index >= 15 is 0 Å². The Morgan fingerprint density at radius 3 is 2.89 bits per heavy atom. The first-order valence-electron chi connectivity index (χ1n) is 6.03. The lowest BCUT2D eigenvalue weighted by Crippen LogP contribution is -2.24. The molecular weight excluding hydrogens is 240 g/mol. The van der Waals surface area contributed by atoms with Gasteiger partial charge in [-0.1, -0.05) is 0 Å². The van der Waals surface area contributed by atoms with Gasteiger partial charge in [0.15, 0.2) is 0 Å². The molecule has 5 heteroatoms. The van der Waals surface area contributed by atoms with Gasteiger partial charge >= 0.3 is 0 Å². The average Bonchev–Trinajstić information content (AvgIpc) is 2.46. The molecule has 2 N–H and O–H groups in total. The summed E-state index contributed by atoms with van der Waals surface area (Å²) in [5.74, 6) is 0.420. The second-order valence-corrected chi connectivity index (χ2v) is 4.13. The molecule has 0 spiro atoms. The topological polar surface area (TPSA) is 66.9 Å². The second-order valence-electron chi connectivity index (χ2n) is 4.13. The van der Waals surface area contributed by atoms with Crippen molar-refractivity contribution >= 4 is 11.7 Å². The van der Waals surface area contributed by atoms with Gasteiger partial charge in [0.1, 0.15) is 5.82 Å². The number of pyridine rings is 2. The molecule has 0 aromatic carbocycles. The van der Waals surface area contributed by atoms with E-state index in [1.165, 1.54) is 0 Å². The number of aryl methyl sites for hydroxylation is 1. The van der Waals surface area contributed by atoms with Crippen molar-refractivity contribution in [3.63, 3.8) is 0 Å². The Bertz CT molecular complexity index is 583. The first kappa shape index (κ1) is 13.0. The summed E-state index contributed by atoms with van der Waals surface area (Å²) in [7, 11) is 1.74. The van der Waals surface area contributed by atoms with Crippen LogP contribution in [0.3, 0.4) is 0 Å². The maximum Gasteiger partial charge on any atom is 0.255 e. The Morgan fingerprint density at radius 2 is 2.16 bits per heavy atom. The number of rotatable bonds is 4. The zero-order valence-corrected chi connectivity index (χ0v) is 11.0. The van der Waals surface area contributed by atoms with Gasteiger partial charge in [-0.2, -0.15) is 0 Å². The number of amides is 1. The van der Waals surface area contributed by atoms with Crippen molar-refractivity contribution in [3.8, 4) is 0 Å². The molecule has 98 valence electrons. The first-order chi connectivity index (χ1) is 9.22.